The first-order valence-corrected chi connectivity index (χ1v) is 6.88. The van der Waals surface area contributed by atoms with Gasteiger partial charge in [-0.2, -0.15) is 13.2 Å². The number of alkyl halides is 3. The fourth-order valence-corrected chi connectivity index (χ4v) is 2.76. The number of rotatable bonds is 3. The lowest BCUT2D eigenvalue weighted by Gasteiger charge is -2.20. The number of nitrogens with one attached hydrogen (secondary N) is 1. The first kappa shape index (κ1) is 16.4. The molecule has 3 nitrogen and oxygen atoms in total. The molecule has 1 aromatic carbocycles. The van der Waals surface area contributed by atoms with Gasteiger partial charge in [-0.05, 0) is 40.7 Å². The Morgan fingerprint density at radius 1 is 1.41 bits per heavy atom. The van der Waals surface area contributed by atoms with E-state index in [1.165, 1.54) is 0 Å². The number of fused-ring (bicyclic) bond motifs is 1. The smallest absolute Gasteiger partial charge is 0.471 e. The molecule has 6 heteroatoms. The normalized spacial score (nSPS) is 18.2. The van der Waals surface area contributed by atoms with Gasteiger partial charge in [-0.25, -0.2) is 0 Å². The highest BCUT2D eigenvalue weighted by atomic mass is 19.4. The van der Waals surface area contributed by atoms with E-state index in [2.05, 4.69) is 0 Å². The molecule has 22 heavy (non-hydrogen) atoms. The van der Waals surface area contributed by atoms with E-state index < -0.39 is 12.1 Å². The van der Waals surface area contributed by atoms with Crippen LogP contribution in [0.4, 0.5) is 13.2 Å². The summed E-state index contributed by atoms with van der Waals surface area (Å²) in [7, 11) is 1.56. The van der Waals surface area contributed by atoms with Crippen molar-refractivity contribution in [3.8, 4) is 5.75 Å². The maximum atomic E-state index is 12.2. The highest BCUT2D eigenvalue weighted by Gasteiger charge is 2.38. The lowest BCUT2D eigenvalue weighted by molar-refractivity contribution is -0.173. The molecule has 1 aliphatic rings. The van der Waals surface area contributed by atoms with Crippen molar-refractivity contribution in [2.45, 2.75) is 26.4 Å². The summed E-state index contributed by atoms with van der Waals surface area (Å²) in [4.78, 5) is 10.9. The van der Waals surface area contributed by atoms with Crippen molar-refractivity contribution in [2.75, 3.05) is 13.7 Å². The summed E-state index contributed by atoms with van der Waals surface area (Å²) in [6.45, 7) is 3.89. The van der Waals surface area contributed by atoms with Crippen molar-refractivity contribution in [1.29, 1.82) is 0 Å². The third-order valence-electron chi connectivity index (χ3n) is 3.79. The summed E-state index contributed by atoms with van der Waals surface area (Å²) in [6.07, 6.45) is -2.41. The van der Waals surface area contributed by atoms with Crippen LogP contribution >= 0.6 is 0 Å². The van der Waals surface area contributed by atoms with Crippen molar-refractivity contribution in [1.82, 2.24) is 5.32 Å². The minimum atomic E-state index is -4.86. The van der Waals surface area contributed by atoms with Gasteiger partial charge in [-0.15, -0.1) is 0 Å². The average Bonchev–Trinajstić information content (AvgIpc) is 2.67. The monoisotopic (exact) mass is 313 g/mol. The summed E-state index contributed by atoms with van der Waals surface area (Å²) in [5.41, 5.74) is 2.81. The Morgan fingerprint density at radius 3 is 2.68 bits per heavy atom. The van der Waals surface area contributed by atoms with Crippen LogP contribution in [0.5, 0.6) is 5.75 Å². The number of methoxy groups -OCH3 is 1. The zero-order valence-corrected chi connectivity index (χ0v) is 12.7. The minimum Gasteiger partial charge on any atom is -0.497 e. The molecule has 0 saturated heterocycles. The van der Waals surface area contributed by atoms with Gasteiger partial charge in [0.2, 0.25) is 0 Å². The molecule has 120 valence electrons. The predicted octanol–water partition coefficient (Wildman–Crippen LogP) is 3.34. The molecule has 0 aromatic heterocycles. The third kappa shape index (κ3) is 3.26. The van der Waals surface area contributed by atoms with Gasteiger partial charge >= 0.3 is 12.1 Å². The van der Waals surface area contributed by atoms with Crippen molar-refractivity contribution < 1.29 is 22.7 Å². The quantitative estimate of drug-likeness (QED) is 0.929. The zero-order chi connectivity index (χ0) is 16.5. The molecule has 1 aromatic rings. The van der Waals surface area contributed by atoms with Gasteiger partial charge in [0.25, 0.3) is 0 Å². The Kier molecular flexibility index (Phi) is 4.22. The first-order chi connectivity index (χ1) is 10.1. The van der Waals surface area contributed by atoms with E-state index in [0.29, 0.717) is 5.75 Å². The van der Waals surface area contributed by atoms with E-state index in [9.17, 15) is 18.0 Å². The van der Waals surface area contributed by atoms with Crippen LogP contribution < -0.4 is 10.1 Å². The molecule has 1 amide bonds. The van der Waals surface area contributed by atoms with Crippen LogP contribution in [0.2, 0.25) is 0 Å². The van der Waals surface area contributed by atoms with Gasteiger partial charge in [-0.3, -0.25) is 4.79 Å². The second-order valence-electron chi connectivity index (χ2n) is 5.91. The second kappa shape index (κ2) is 5.66. The maximum Gasteiger partial charge on any atom is 0.471 e. The fraction of sp³-hybridized carbons (Fsp3) is 0.438. The molecule has 1 aliphatic carbocycles. The third-order valence-corrected chi connectivity index (χ3v) is 3.79. The number of carbonyl (C=O) groups excluding carboxylic acids is 1. The highest BCUT2D eigenvalue weighted by Crippen LogP contribution is 2.46. The van der Waals surface area contributed by atoms with E-state index >= 15 is 0 Å². The lowest BCUT2D eigenvalue weighted by atomic mass is 9.85. The molecule has 2 rings (SSSR count). The molecule has 1 N–H and O–H groups in total. The van der Waals surface area contributed by atoms with Crippen LogP contribution in [-0.4, -0.2) is 25.7 Å². The van der Waals surface area contributed by atoms with Crippen LogP contribution in [-0.2, 0) is 11.2 Å². The molecule has 0 fully saturated rings. The Morgan fingerprint density at radius 2 is 2.09 bits per heavy atom. The van der Waals surface area contributed by atoms with Gasteiger partial charge in [0.05, 0.1) is 7.11 Å². The van der Waals surface area contributed by atoms with Gasteiger partial charge < -0.3 is 10.1 Å². The number of ether oxygens (including phenoxy) is 1. The SMILES string of the molecule is COc1ccc2c(c1)/C(=C\CNC(=O)C(F)(F)F)C(C)(C)C2. The van der Waals surface area contributed by atoms with Gasteiger partial charge in [0.15, 0.2) is 0 Å². The van der Waals surface area contributed by atoms with E-state index in [0.717, 1.165) is 23.1 Å². The molecule has 0 spiro atoms. The molecule has 0 unspecified atom stereocenters. The number of hydrogen-bond acceptors (Lipinski definition) is 2. The highest BCUT2D eigenvalue weighted by molar-refractivity contribution is 5.82. The maximum absolute atomic E-state index is 12.2. The number of allylic oxidation sites excluding steroid dienone is 1. The topological polar surface area (TPSA) is 38.3 Å². The summed E-state index contributed by atoms with van der Waals surface area (Å²) in [5, 5.41) is 1.88. The molecule has 0 saturated carbocycles. The number of carbonyl (C=O) groups is 1. The Balaban J connectivity index is 2.23. The molecule has 0 aliphatic heterocycles. The second-order valence-corrected chi connectivity index (χ2v) is 5.91. The summed E-state index contributed by atoms with van der Waals surface area (Å²) >= 11 is 0. The largest absolute Gasteiger partial charge is 0.497 e. The Bertz CT molecular complexity index is 618. The van der Waals surface area contributed by atoms with Crippen LogP contribution in [0, 0.1) is 5.41 Å². The minimum absolute atomic E-state index is 0.159. The predicted molar refractivity (Wildman–Crippen MR) is 77.5 cm³/mol. The van der Waals surface area contributed by atoms with E-state index in [1.54, 1.807) is 13.2 Å². The number of benzene rings is 1. The van der Waals surface area contributed by atoms with Crippen LogP contribution in [0.15, 0.2) is 24.3 Å². The van der Waals surface area contributed by atoms with E-state index in [-0.39, 0.29) is 12.0 Å². The van der Waals surface area contributed by atoms with Crippen molar-refractivity contribution in [3.05, 3.63) is 35.4 Å². The average molecular weight is 313 g/mol. The van der Waals surface area contributed by atoms with Crippen LogP contribution in [0.1, 0.15) is 25.0 Å². The number of halogens is 3. The summed E-state index contributed by atoms with van der Waals surface area (Å²) < 4.78 is 41.8. The van der Waals surface area contributed by atoms with Gasteiger partial charge in [0, 0.05) is 6.54 Å². The molecule has 0 radical (unpaired) electrons. The standard InChI is InChI=1S/C16H18F3NO2/c1-15(2)9-10-4-5-11(22-3)8-12(10)13(15)6-7-20-14(21)16(17,18)19/h4-6,8H,7,9H2,1-3H3,(H,20,21)/b13-6+. The Hall–Kier alpha value is -1.98. The number of hydrogen-bond donors (Lipinski definition) is 1. The summed E-state index contributed by atoms with van der Waals surface area (Å²) in [5.74, 6) is -1.23. The van der Waals surface area contributed by atoms with Crippen molar-refractivity contribution in [2.24, 2.45) is 5.41 Å². The van der Waals surface area contributed by atoms with Crippen molar-refractivity contribution >= 4 is 11.5 Å². The van der Waals surface area contributed by atoms with E-state index in [4.69, 9.17) is 4.74 Å². The molecule has 0 atom stereocenters. The van der Waals surface area contributed by atoms with Gasteiger partial charge in [0.1, 0.15) is 5.75 Å². The van der Waals surface area contributed by atoms with Crippen molar-refractivity contribution in [3.63, 3.8) is 0 Å². The molecular formula is C16H18F3NO2. The first-order valence-electron chi connectivity index (χ1n) is 6.88. The van der Waals surface area contributed by atoms with Crippen LogP contribution in [0.3, 0.4) is 0 Å². The molecule has 0 heterocycles. The molecule has 0 bridgehead atoms. The Labute approximate surface area is 127 Å². The number of amides is 1. The van der Waals surface area contributed by atoms with Crippen LogP contribution in [0.25, 0.3) is 5.57 Å². The fourth-order valence-electron chi connectivity index (χ4n) is 2.76. The molecular weight excluding hydrogens is 295 g/mol. The summed E-state index contributed by atoms with van der Waals surface area (Å²) in [6, 6.07) is 5.70. The van der Waals surface area contributed by atoms with Gasteiger partial charge in [-0.1, -0.05) is 26.0 Å². The lowest BCUT2D eigenvalue weighted by Crippen LogP contribution is -2.36. The zero-order valence-electron chi connectivity index (χ0n) is 12.7. The van der Waals surface area contributed by atoms with E-state index in [1.807, 2.05) is 37.4 Å².